The van der Waals surface area contributed by atoms with Gasteiger partial charge in [0.25, 0.3) is 0 Å². The van der Waals surface area contributed by atoms with Crippen LogP contribution in [0.1, 0.15) is 17.5 Å². The Morgan fingerprint density at radius 1 is 1.42 bits per heavy atom. The van der Waals surface area contributed by atoms with Crippen molar-refractivity contribution in [3.8, 4) is 6.07 Å². The second-order valence-corrected chi connectivity index (χ2v) is 3.23. The predicted octanol–water partition coefficient (Wildman–Crippen LogP) is 3.10. The normalized spacial score (nSPS) is 9.42. The van der Waals surface area contributed by atoms with Crippen LogP contribution in [0.25, 0.3) is 0 Å². The molecule has 0 saturated carbocycles. The zero-order valence-electron chi connectivity index (χ0n) is 6.97. The minimum absolute atomic E-state index is 0.555. The van der Waals surface area contributed by atoms with E-state index in [0.29, 0.717) is 6.42 Å². The summed E-state index contributed by atoms with van der Waals surface area (Å²) in [5.74, 6) is 0. The van der Waals surface area contributed by atoms with Gasteiger partial charge in [-0.25, -0.2) is 0 Å². The van der Waals surface area contributed by atoms with E-state index < -0.39 is 0 Å². The second-order valence-electron chi connectivity index (χ2n) is 2.79. The van der Waals surface area contributed by atoms with Crippen molar-refractivity contribution in [1.82, 2.24) is 0 Å². The van der Waals surface area contributed by atoms with E-state index in [2.05, 4.69) is 12.1 Å². The third-order valence-corrected chi connectivity index (χ3v) is 1.85. The number of rotatable bonds is 2. The average molecular weight is 180 g/mol. The van der Waals surface area contributed by atoms with Crippen LogP contribution in [0.4, 0.5) is 0 Å². The minimum atomic E-state index is 0.555. The second kappa shape index (κ2) is 4.13. The summed E-state index contributed by atoms with van der Waals surface area (Å²) in [6.07, 6.45) is 1.34. The summed E-state index contributed by atoms with van der Waals surface area (Å²) >= 11 is 5.85. The van der Waals surface area contributed by atoms with E-state index in [-0.39, 0.29) is 0 Å². The first-order chi connectivity index (χ1) is 5.72. The van der Waals surface area contributed by atoms with Crippen LogP contribution in [0.15, 0.2) is 18.2 Å². The van der Waals surface area contributed by atoms with Crippen LogP contribution in [0, 0.1) is 18.3 Å². The molecule has 1 nitrogen and oxygen atoms in total. The Balaban J connectivity index is 2.80. The van der Waals surface area contributed by atoms with E-state index in [1.807, 2.05) is 19.1 Å². The first-order valence-corrected chi connectivity index (χ1v) is 4.23. The third-order valence-electron chi connectivity index (χ3n) is 1.63. The van der Waals surface area contributed by atoms with Gasteiger partial charge in [0.1, 0.15) is 0 Å². The lowest BCUT2D eigenvalue weighted by Crippen LogP contribution is -1.84. The molecule has 62 valence electrons. The van der Waals surface area contributed by atoms with Gasteiger partial charge in [0, 0.05) is 11.4 Å². The van der Waals surface area contributed by atoms with E-state index in [4.69, 9.17) is 16.9 Å². The molecule has 0 bridgehead atoms. The van der Waals surface area contributed by atoms with Gasteiger partial charge in [0.05, 0.1) is 6.07 Å². The molecule has 1 aromatic carbocycles. The van der Waals surface area contributed by atoms with Crippen molar-refractivity contribution in [1.29, 1.82) is 5.26 Å². The van der Waals surface area contributed by atoms with Crippen LogP contribution in [-0.4, -0.2) is 0 Å². The Kier molecular flexibility index (Phi) is 3.13. The maximum Gasteiger partial charge on any atom is 0.0625 e. The van der Waals surface area contributed by atoms with E-state index >= 15 is 0 Å². The number of hydrogen-bond acceptors (Lipinski definition) is 1. The molecular weight excluding hydrogens is 170 g/mol. The summed E-state index contributed by atoms with van der Waals surface area (Å²) in [5.41, 5.74) is 2.29. The first kappa shape index (κ1) is 9.09. The van der Waals surface area contributed by atoms with Gasteiger partial charge >= 0.3 is 0 Å². The topological polar surface area (TPSA) is 23.8 Å². The van der Waals surface area contributed by atoms with Crippen LogP contribution in [0.3, 0.4) is 0 Å². The summed E-state index contributed by atoms with van der Waals surface area (Å²) in [5, 5.41) is 9.14. The average Bonchev–Trinajstić information content (AvgIpc) is 1.99. The van der Waals surface area contributed by atoms with Crippen molar-refractivity contribution in [2.45, 2.75) is 19.8 Å². The summed E-state index contributed by atoms with van der Waals surface area (Å²) < 4.78 is 0. The van der Waals surface area contributed by atoms with E-state index in [1.165, 1.54) is 0 Å². The number of benzene rings is 1. The maximum absolute atomic E-state index is 8.38. The van der Waals surface area contributed by atoms with Crippen molar-refractivity contribution < 1.29 is 0 Å². The summed E-state index contributed by atoms with van der Waals surface area (Å²) in [6, 6.07) is 7.99. The highest BCUT2D eigenvalue weighted by Crippen LogP contribution is 2.15. The van der Waals surface area contributed by atoms with Gasteiger partial charge in [-0.2, -0.15) is 5.26 Å². The zero-order chi connectivity index (χ0) is 8.97. The fourth-order valence-corrected chi connectivity index (χ4v) is 1.47. The predicted molar refractivity (Wildman–Crippen MR) is 50.1 cm³/mol. The fraction of sp³-hybridized carbons (Fsp3) is 0.300. The lowest BCUT2D eigenvalue weighted by molar-refractivity contribution is 1.01. The monoisotopic (exact) mass is 179 g/mol. The van der Waals surface area contributed by atoms with Crippen LogP contribution in [0.2, 0.25) is 5.02 Å². The van der Waals surface area contributed by atoms with Crippen molar-refractivity contribution in [2.24, 2.45) is 0 Å². The molecular formula is C10H10ClN. The summed E-state index contributed by atoms with van der Waals surface area (Å²) in [4.78, 5) is 0. The molecule has 0 aliphatic carbocycles. The van der Waals surface area contributed by atoms with Gasteiger partial charge in [0.15, 0.2) is 0 Å². The lowest BCUT2D eigenvalue weighted by atomic mass is 10.1. The highest BCUT2D eigenvalue weighted by atomic mass is 35.5. The van der Waals surface area contributed by atoms with Crippen molar-refractivity contribution in [3.63, 3.8) is 0 Å². The molecule has 0 aromatic heterocycles. The minimum Gasteiger partial charge on any atom is -0.198 e. The van der Waals surface area contributed by atoms with Gasteiger partial charge in [-0.15, -0.1) is 0 Å². The smallest absolute Gasteiger partial charge is 0.0625 e. The number of nitrogens with zero attached hydrogens (tertiary/aromatic N) is 1. The maximum atomic E-state index is 8.38. The van der Waals surface area contributed by atoms with E-state index in [9.17, 15) is 0 Å². The Labute approximate surface area is 77.6 Å². The molecule has 12 heavy (non-hydrogen) atoms. The standard InChI is InChI=1S/C10H10ClN/c1-8-5-9(3-2-4-12)7-10(11)6-8/h5-7H,2-3H2,1H3. The number of nitriles is 1. The molecule has 0 radical (unpaired) electrons. The zero-order valence-corrected chi connectivity index (χ0v) is 7.73. The Hall–Kier alpha value is -1.00. The molecule has 0 amide bonds. The molecule has 0 unspecified atom stereocenters. The molecule has 0 aliphatic heterocycles. The van der Waals surface area contributed by atoms with Crippen molar-refractivity contribution in [3.05, 3.63) is 34.3 Å². The van der Waals surface area contributed by atoms with Crippen LogP contribution in [-0.2, 0) is 6.42 Å². The highest BCUT2D eigenvalue weighted by Gasteiger charge is 1.95. The molecule has 0 saturated heterocycles. The SMILES string of the molecule is Cc1cc(Cl)cc(CCC#N)c1. The molecule has 0 fully saturated rings. The van der Waals surface area contributed by atoms with Gasteiger partial charge in [-0.1, -0.05) is 17.7 Å². The van der Waals surface area contributed by atoms with Gasteiger partial charge < -0.3 is 0 Å². The van der Waals surface area contributed by atoms with Gasteiger partial charge in [-0.05, 0) is 36.6 Å². The number of aryl methyl sites for hydroxylation is 2. The van der Waals surface area contributed by atoms with Gasteiger partial charge in [-0.3, -0.25) is 0 Å². The molecule has 0 heterocycles. The molecule has 1 rings (SSSR count). The Bertz CT molecular complexity index is 292. The van der Waals surface area contributed by atoms with Crippen LogP contribution in [0.5, 0.6) is 0 Å². The van der Waals surface area contributed by atoms with Crippen LogP contribution < -0.4 is 0 Å². The van der Waals surface area contributed by atoms with Crippen molar-refractivity contribution in [2.75, 3.05) is 0 Å². The molecule has 0 spiro atoms. The van der Waals surface area contributed by atoms with Crippen LogP contribution >= 0.6 is 11.6 Å². The quantitative estimate of drug-likeness (QED) is 0.685. The lowest BCUT2D eigenvalue weighted by Gasteiger charge is -2.00. The Morgan fingerprint density at radius 2 is 2.17 bits per heavy atom. The largest absolute Gasteiger partial charge is 0.198 e. The number of hydrogen-bond donors (Lipinski definition) is 0. The summed E-state index contributed by atoms with van der Waals surface area (Å²) in [6.45, 7) is 2.00. The Morgan fingerprint density at radius 3 is 2.75 bits per heavy atom. The molecule has 0 aliphatic rings. The molecule has 0 N–H and O–H groups in total. The molecule has 1 aromatic rings. The molecule has 2 heteroatoms. The van der Waals surface area contributed by atoms with E-state index in [0.717, 1.165) is 22.6 Å². The van der Waals surface area contributed by atoms with Gasteiger partial charge in [0.2, 0.25) is 0 Å². The fourth-order valence-electron chi connectivity index (χ4n) is 1.16. The van der Waals surface area contributed by atoms with Crippen molar-refractivity contribution >= 4 is 11.6 Å². The third kappa shape index (κ3) is 2.56. The molecule has 0 atom stereocenters. The highest BCUT2D eigenvalue weighted by molar-refractivity contribution is 6.30. The number of halogens is 1. The summed E-state index contributed by atoms with van der Waals surface area (Å²) in [7, 11) is 0. The van der Waals surface area contributed by atoms with E-state index in [1.54, 1.807) is 0 Å². The first-order valence-electron chi connectivity index (χ1n) is 3.85.